The molecule has 3 saturated heterocycles. The third-order valence-corrected chi connectivity index (χ3v) is 5.13. The van der Waals surface area contributed by atoms with E-state index in [2.05, 4.69) is 27.7 Å². The number of piperidine rings is 3. The second kappa shape index (κ2) is 4.77. The summed E-state index contributed by atoms with van der Waals surface area (Å²) in [6.07, 6.45) is 2.48. The number of para-hydroxylation sites is 1. The summed E-state index contributed by atoms with van der Waals surface area (Å²) in [5.41, 5.74) is 2.26. The molecule has 0 saturated carbocycles. The molecular weight excluding hydrogens is 250 g/mol. The zero-order chi connectivity index (χ0) is 13.5. The first kappa shape index (κ1) is 12.2. The van der Waals surface area contributed by atoms with Crippen molar-refractivity contribution in [3.63, 3.8) is 0 Å². The first-order chi connectivity index (χ1) is 9.81. The zero-order valence-corrected chi connectivity index (χ0v) is 11.6. The minimum absolute atomic E-state index is 0.0262. The van der Waals surface area contributed by atoms with Crippen molar-refractivity contribution in [3.8, 4) is 0 Å². The summed E-state index contributed by atoms with van der Waals surface area (Å²) < 4.78 is 0. The Balaban J connectivity index is 1.46. The average Bonchev–Trinajstić information content (AvgIpc) is 2.92. The average molecular weight is 271 g/mol. The monoisotopic (exact) mass is 271 g/mol. The molecule has 0 aromatic heterocycles. The highest BCUT2D eigenvalue weighted by Gasteiger charge is 2.37. The summed E-state index contributed by atoms with van der Waals surface area (Å²) in [6, 6.07) is 8.50. The van der Waals surface area contributed by atoms with Crippen LogP contribution in [0, 0.1) is 5.92 Å². The van der Waals surface area contributed by atoms with Gasteiger partial charge in [-0.25, -0.2) is 0 Å². The normalized spacial score (nSPS) is 34.4. The number of nitrogens with one attached hydrogen (secondary N) is 2. The van der Waals surface area contributed by atoms with Gasteiger partial charge in [-0.1, -0.05) is 18.2 Å². The largest absolute Gasteiger partial charge is 0.384 e. The molecular formula is C16H21N3O. The molecule has 20 heavy (non-hydrogen) atoms. The predicted octanol–water partition coefficient (Wildman–Crippen LogP) is 1.41. The highest BCUT2D eigenvalue weighted by Crippen LogP contribution is 2.32. The van der Waals surface area contributed by atoms with Crippen LogP contribution in [0.3, 0.4) is 0 Å². The third-order valence-electron chi connectivity index (χ3n) is 5.13. The van der Waals surface area contributed by atoms with Gasteiger partial charge in [-0.3, -0.25) is 4.79 Å². The van der Waals surface area contributed by atoms with Crippen molar-refractivity contribution in [1.29, 1.82) is 0 Å². The quantitative estimate of drug-likeness (QED) is 0.855. The van der Waals surface area contributed by atoms with Gasteiger partial charge in [-0.15, -0.1) is 0 Å². The van der Waals surface area contributed by atoms with Gasteiger partial charge in [0, 0.05) is 24.8 Å². The molecule has 2 unspecified atom stereocenters. The standard InChI is InChI=1S/C16H21N3O/c20-16(13-9-17-14-4-2-1-3-12(13)14)18-15-10-19-7-5-11(15)6-8-19/h1-4,11,13,15,17H,5-10H2,(H,18,20). The minimum Gasteiger partial charge on any atom is -0.384 e. The van der Waals surface area contributed by atoms with E-state index in [0.29, 0.717) is 12.0 Å². The molecule has 5 rings (SSSR count). The highest BCUT2D eigenvalue weighted by atomic mass is 16.2. The number of hydrogen-bond acceptors (Lipinski definition) is 3. The molecule has 0 radical (unpaired) electrons. The molecule has 4 aliphatic heterocycles. The molecule has 0 spiro atoms. The molecule has 4 nitrogen and oxygen atoms in total. The Kier molecular flexibility index (Phi) is 2.91. The van der Waals surface area contributed by atoms with E-state index in [1.165, 1.54) is 25.9 Å². The van der Waals surface area contributed by atoms with Gasteiger partial charge in [0.15, 0.2) is 0 Å². The molecule has 1 aromatic carbocycles. The fourth-order valence-corrected chi connectivity index (χ4v) is 3.93. The Hall–Kier alpha value is -1.55. The first-order valence-electron chi connectivity index (χ1n) is 7.67. The Labute approximate surface area is 119 Å². The van der Waals surface area contributed by atoms with Crippen LogP contribution in [0.15, 0.2) is 24.3 Å². The predicted molar refractivity (Wildman–Crippen MR) is 78.8 cm³/mol. The lowest BCUT2D eigenvalue weighted by Gasteiger charge is -2.45. The van der Waals surface area contributed by atoms with Crippen molar-refractivity contribution in [2.75, 3.05) is 31.5 Å². The summed E-state index contributed by atoms with van der Waals surface area (Å²) in [5.74, 6) is 0.858. The first-order valence-corrected chi connectivity index (χ1v) is 7.67. The molecule has 1 aromatic rings. The summed E-state index contributed by atoms with van der Waals surface area (Å²) in [4.78, 5) is 15.1. The number of anilines is 1. The van der Waals surface area contributed by atoms with Crippen LogP contribution < -0.4 is 10.6 Å². The molecule has 0 aliphatic carbocycles. The maximum absolute atomic E-state index is 12.6. The number of hydrogen-bond donors (Lipinski definition) is 2. The number of nitrogens with zero attached hydrogens (tertiary/aromatic N) is 1. The van der Waals surface area contributed by atoms with Gasteiger partial charge in [0.05, 0.1) is 5.92 Å². The lowest BCUT2D eigenvalue weighted by atomic mass is 9.83. The number of fused-ring (bicyclic) bond motifs is 4. The van der Waals surface area contributed by atoms with Crippen molar-refractivity contribution in [1.82, 2.24) is 10.2 Å². The van der Waals surface area contributed by atoms with Crippen molar-refractivity contribution in [2.24, 2.45) is 5.92 Å². The topological polar surface area (TPSA) is 44.4 Å². The van der Waals surface area contributed by atoms with Crippen molar-refractivity contribution in [3.05, 3.63) is 29.8 Å². The van der Waals surface area contributed by atoms with Crippen LogP contribution in [-0.4, -0.2) is 43.0 Å². The van der Waals surface area contributed by atoms with Crippen LogP contribution >= 0.6 is 0 Å². The lowest BCUT2D eigenvalue weighted by Crippen LogP contribution is -2.57. The van der Waals surface area contributed by atoms with E-state index >= 15 is 0 Å². The number of carbonyl (C=O) groups excluding carboxylic acids is 1. The molecule has 1 amide bonds. The van der Waals surface area contributed by atoms with E-state index in [1.54, 1.807) is 0 Å². The third kappa shape index (κ3) is 1.99. The van der Waals surface area contributed by atoms with E-state index in [1.807, 2.05) is 12.1 Å². The fraction of sp³-hybridized carbons (Fsp3) is 0.562. The van der Waals surface area contributed by atoms with Crippen LogP contribution in [0.1, 0.15) is 24.3 Å². The second-order valence-electron chi connectivity index (χ2n) is 6.27. The summed E-state index contributed by atoms with van der Waals surface area (Å²) >= 11 is 0. The van der Waals surface area contributed by atoms with E-state index in [4.69, 9.17) is 0 Å². The van der Waals surface area contributed by atoms with Crippen LogP contribution in [0.4, 0.5) is 5.69 Å². The fourth-order valence-electron chi connectivity index (χ4n) is 3.93. The number of carbonyl (C=O) groups is 1. The number of amides is 1. The molecule has 2 N–H and O–H groups in total. The summed E-state index contributed by atoms with van der Waals surface area (Å²) in [7, 11) is 0. The van der Waals surface area contributed by atoms with Gasteiger partial charge >= 0.3 is 0 Å². The van der Waals surface area contributed by atoms with Gasteiger partial charge in [-0.2, -0.15) is 0 Å². The molecule has 4 aliphatic rings. The van der Waals surface area contributed by atoms with Crippen LogP contribution in [0.5, 0.6) is 0 Å². The summed E-state index contributed by atoms with van der Waals surface area (Å²) in [5, 5.41) is 6.64. The maximum Gasteiger partial charge on any atom is 0.229 e. The van der Waals surface area contributed by atoms with Crippen molar-refractivity contribution >= 4 is 11.6 Å². The minimum atomic E-state index is -0.0262. The molecule has 4 heterocycles. The molecule has 2 bridgehead atoms. The van der Waals surface area contributed by atoms with Crippen LogP contribution in [0.25, 0.3) is 0 Å². The second-order valence-corrected chi connectivity index (χ2v) is 6.27. The Morgan fingerprint density at radius 3 is 2.80 bits per heavy atom. The summed E-state index contributed by atoms with van der Waals surface area (Å²) in [6.45, 7) is 4.19. The highest BCUT2D eigenvalue weighted by molar-refractivity contribution is 5.88. The molecule has 3 fully saturated rings. The van der Waals surface area contributed by atoms with Gasteiger partial charge < -0.3 is 15.5 Å². The van der Waals surface area contributed by atoms with Gasteiger partial charge in [-0.05, 0) is 43.5 Å². The Bertz CT molecular complexity index is 522. The number of rotatable bonds is 2. The van der Waals surface area contributed by atoms with Crippen LogP contribution in [-0.2, 0) is 4.79 Å². The van der Waals surface area contributed by atoms with Crippen molar-refractivity contribution < 1.29 is 4.79 Å². The van der Waals surface area contributed by atoms with E-state index in [9.17, 15) is 4.79 Å². The molecule has 4 heteroatoms. The zero-order valence-electron chi connectivity index (χ0n) is 11.6. The SMILES string of the molecule is O=C(NC1CN2CCC1CC2)C1CNc2ccccc21. The molecule has 106 valence electrons. The van der Waals surface area contributed by atoms with E-state index in [0.717, 1.165) is 24.3 Å². The smallest absolute Gasteiger partial charge is 0.229 e. The van der Waals surface area contributed by atoms with E-state index < -0.39 is 0 Å². The Morgan fingerprint density at radius 1 is 1.25 bits per heavy atom. The van der Waals surface area contributed by atoms with Gasteiger partial charge in [0.1, 0.15) is 0 Å². The molecule has 2 atom stereocenters. The Morgan fingerprint density at radius 2 is 2.05 bits per heavy atom. The number of benzene rings is 1. The van der Waals surface area contributed by atoms with Crippen molar-refractivity contribution in [2.45, 2.75) is 24.8 Å². The van der Waals surface area contributed by atoms with Gasteiger partial charge in [0.25, 0.3) is 0 Å². The maximum atomic E-state index is 12.6. The van der Waals surface area contributed by atoms with Gasteiger partial charge in [0.2, 0.25) is 5.91 Å². The van der Waals surface area contributed by atoms with Crippen LogP contribution in [0.2, 0.25) is 0 Å². The lowest BCUT2D eigenvalue weighted by molar-refractivity contribution is -0.124. The van der Waals surface area contributed by atoms with E-state index in [-0.39, 0.29) is 11.8 Å².